The van der Waals surface area contributed by atoms with Crippen molar-refractivity contribution in [1.29, 1.82) is 0 Å². The Hall–Kier alpha value is -3.13. The van der Waals surface area contributed by atoms with Gasteiger partial charge in [0.1, 0.15) is 5.75 Å². The number of ether oxygens (including phenoxy) is 1. The summed E-state index contributed by atoms with van der Waals surface area (Å²) in [6.45, 7) is 4.00. The summed E-state index contributed by atoms with van der Waals surface area (Å²) in [5.41, 5.74) is 2.49. The highest BCUT2D eigenvalue weighted by Crippen LogP contribution is 2.40. The van der Waals surface area contributed by atoms with Crippen molar-refractivity contribution in [1.82, 2.24) is 10.1 Å². The molecule has 0 radical (unpaired) electrons. The molecule has 3 aromatic rings. The molecule has 0 aliphatic carbocycles. The van der Waals surface area contributed by atoms with Crippen LogP contribution in [0, 0.1) is 0 Å². The maximum Gasteiger partial charge on any atom is 0.293 e. The van der Waals surface area contributed by atoms with Crippen LogP contribution in [0.1, 0.15) is 25.6 Å². The highest BCUT2D eigenvalue weighted by Gasteiger charge is 2.43. The van der Waals surface area contributed by atoms with Gasteiger partial charge < -0.3 is 9.84 Å². The van der Waals surface area contributed by atoms with Crippen molar-refractivity contribution in [2.24, 2.45) is 0 Å². The molecule has 0 fully saturated rings. The first-order chi connectivity index (χ1) is 14.0. The van der Waals surface area contributed by atoms with Crippen LogP contribution < -0.4 is 19.4 Å². The Morgan fingerprint density at radius 1 is 1.24 bits per heavy atom. The molecular formula is C21H20N4O3S. The van der Waals surface area contributed by atoms with Crippen molar-refractivity contribution in [2.75, 3.05) is 17.8 Å². The van der Waals surface area contributed by atoms with Gasteiger partial charge in [0, 0.05) is 17.6 Å². The largest absolute Gasteiger partial charge is 0.854 e. The van der Waals surface area contributed by atoms with Crippen LogP contribution in [0.5, 0.6) is 11.6 Å². The van der Waals surface area contributed by atoms with E-state index in [1.807, 2.05) is 61.7 Å². The smallest absolute Gasteiger partial charge is 0.293 e. The minimum absolute atomic E-state index is 0.147. The number of rotatable bonds is 4. The Bertz CT molecular complexity index is 1070. The number of aromatic nitrogens is 3. The quantitative estimate of drug-likeness (QED) is 0.487. The summed E-state index contributed by atoms with van der Waals surface area (Å²) >= 11 is 1.29. The van der Waals surface area contributed by atoms with Gasteiger partial charge in [-0.15, -0.1) is 0 Å². The third-order valence-electron chi connectivity index (χ3n) is 4.73. The molecule has 1 unspecified atom stereocenters. The van der Waals surface area contributed by atoms with Gasteiger partial charge in [-0.25, -0.2) is 9.88 Å². The van der Waals surface area contributed by atoms with E-state index in [0.29, 0.717) is 28.7 Å². The molecule has 2 aromatic carbocycles. The first kappa shape index (κ1) is 19.2. The van der Waals surface area contributed by atoms with Gasteiger partial charge >= 0.3 is 0 Å². The van der Waals surface area contributed by atoms with Crippen LogP contribution in [0.3, 0.4) is 0 Å². The van der Waals surface area contributed by atoms with Crippen LogP contribution in [0.15, 0.2) is 53.7 Å². The van der Waals surface area contributed by atoms with E-state index in [1.165, 1.54) is 18.7 Å². The van der Waals surface area contributed by atoms with Crippen LogP contribution in [0.4, 0.5) is 5.69 Å². The van der Waals surface area contributed by atoms with E-state index in [0.717, 1.165) is 11.3 Å². The molecular weight excluding hydrogens is 388 g/mol. The molecule has 1 aliphatic heterocycles. The normalized spacial score (nSPS) is 14.9. The second-order valence-corrected chi connectivity index (χ2v) is 7.25. The van der Waals surface area contributed by atoms with Crippen LogP contribution >= 0.6 is 11.8 Å². The predicted octanol–water partition coefficient (Wildman–Crippen LogP) is 2.54. The predicted molar refractivity (Wildman–Crippen MR) is 108 cm³/mol. The molecule has 0 bridgehead atoms. The molecule has 1 aromatic heterocycles. The molecule has 0 spiro atoms. The number of nitrogens with zero attached hydrogens (tertiary/aromatic N) is 4. The van der Waals surface area contributed by atoms with Gasteiger partial charge in [0.15, 0.2) is 0 Å². The fraction of sp³-hybridized carbons (Fsp3) is 0.238. The van der Waals surface area contributed by atoms with Gasteiger partial charge in [-0.1, -0.05) is 28.6 Å². The van der Waals surface area contributed by atoms with Crippen LogP contribution in [-0.4, -0.2) is 28.9 Å². The molecule has 0 N–H and O–H groups in total. The van der Waals surface area contributed by atoms with E-state index in [-0.39, 0.29) is 11.8 Å². The molecule has 29 heavy (non-hydrogen) atoms. The van der Waals surface area contributed by atoms with Crippen LogP contribution in [0.2, 0.25) is 0 Å². The summed E-state index contributed by atoms with van der Waals surface area (Å²) in [4.78, 5) is 18.5. The fourth-order valence-corrected chi connectivity index (χ4v) is 3.91. The average molecular weight is 408 g/mol. The summed E-state index contributed by atoms with van der Waals surface area (Å²) in [7, 11) is 0. The first-order valence-electron chi connectivity index (χ1n) is 9.22. The fourth-order valence-electron chi connectivity index (χ4n) is 3.56. The van der Waals surface area contributed by atoms with Crippen LogP contribution in [0.25, 0.3) is 11.3 Å². The summed E-state index contributed by atoms with van der Waals surface area (Å²) in [6, 6.07) is 14.8. The van der Waals surface area contributed by atoms with E-state index < -0.39 is 6.17 Å². The summed E-state index contributed by atoms with van der Waals surface area (Å²) in [6.07, 6.45) is 1.21. The molecule has 148 valence electrons. The molecule has 1 atom stereocenters. The maximum atomic E-state index is 12.9. The zero-order valence-electron chi connectivity index (χ0n) is 16.3. The lowest BCUT2D eigenvalue weighted by molar-refractivity contribution is -0.764. The monoisotopic (exact) mass is 408 g/mol. The number of hydrogen-bond donors (Lipinski definition) is 0. The van der Waals surface area contributed by atoms with Gasteiger partial charge in [-0.2, -0.15) is 0 Å². The summed E-state index contributed by atoms with van der Waals surface area (Å²) < 4.78 is 7.15. The number of fused-ring (bicyclic) bond motifs is 3. The van der Waals surface area contributed by atoms with Gasteiger partial charge in [-0.3, -0.25) is 4.79 Å². The number of hydrogen-bond acceptors (Lipinski definition) is 6. The number of benzene rings is 2. The minimum Gasteiger partial charge on any atom is -0.854 e. The SMILES string of the molecule is CCOc1ccc(C2N(C(C)=O)c3ccccc3-c3c([O-])nc(SC)n[n+]32)cc1. The summed E-state index contributed by atoms with van der Waals surface area (Å²) in [5, 5.41) is 17.8. The van der Waals surface area contributed by atoms with E-state index in [1.54, 1.807) is 9.58 Å². The van der Waals surface area contributed by atoms with Gasteiger partial charge in [-0.05, 0) is 49.6 Å². The van der Waals surface area contributed by atoms with E-state index in [9.17, 15) is 9.90 Å². The van der Waals surface area contributed by atoms with Gasteiger partial charge in [0.05, 0.1) is 23.7 Å². The number of carbonyl (C=O) groups is 1. The highest BCUT2D eigenvalue weighted by atomic mass is 32.2. The molecule has 2 heterocycles. The number of amides is 1. The van der Waals surface area contributed by atoms with Gasteiger partial charge in [0.25, 0.3) is 17.0 Å². The van der Waals surface area contributed by atoms with E-state index in [4.69, 9.17) is 4.74 Å². The second-order valence-electron chi connectivity index (χ2n) is 6.48. The Balaban J connectivity index is 1.98. The Labute approximate surface area is 173 Å². The number of thioether (sulfide) groups is 1. The zero-order chi connectivity index (χ0) is 20.5. The third-order valence-corrected chi connectivity index (χ3v) is 5.27. The minimum atomic E-state index is -0.602. The number of para-hydroxylation sites is 1. The molecule has 4 rings (SSSR count). The lowest BCUT2D eigenvalue weighted by Gasteiger charge is -2.32. The van der Waals surface area contributed by atoms with Gasteiger partial charge in [0.2, 0.25) is 5.91 Å². The molecule has 0 saturated carbocycles. The lowest BCUT2D eigenvalue weighted by Crippen LogP contribution is -2.58. The Kier molecular flexibility index (Phi) is 5.10. The van der Waals surface area contributed by atoms with Crippen molar-refractivity contribution >= 4 is 23.4 Å². The third kappa shape index (κ3) is 3.29. The zero-order valence-corrected chi connectivity index (χ0v) is 17.1. The maximum absolute atomic E-state index is 12.9. The average Bonchev–Trinajstić information content (AvgIpc) is 2.73. The topological polar surface area (TPSA) is 82.3 Å². The second kappa shape index (κ2) is 7.71. The van der Waals surface area contributed by atoms with Crippen molar-refractivity contribution < 1.29 is 19.3 Å². The molecule has 8 heteroatoms. The van der Waals surface area contributed by atoms with Crippen LogP contribution in [-0.2, 0) is 4.79 Å². The molecule has 1 amide bonds. The van der Waals surface area contributed by atoms with Crippen molar-refractivity contribution in [3.05, 3.63) is 54.1 Å². The number of anilines is 1. The van der Waals surface area contributed by atoms with Crippen molar-refractivity contribution in [3.63, 3.8) is 0 Å². The standard InChI is InChI=1S/C21H20N4O3S/c1-4-28-15-11-9-14(10-12-15)20-24(13(2)26)17-8-6-5-7-16(17)18-19(27)22-21(29-3)23-25(18)20/h5-12,20H,4H2,1-3H3. The number of carbonyl (C=O) groups excluding carboxylic acids is 1. The molecule has 1 aliphatic rings. The Morgan fingerprint density at radius 3 is 2.62 bits per heavy atom. The van der Waals surface area contributed by atoms with E-state index >= 15 is 0 Å². The van der Waals surface area contributed by atoms with Crippen molar-refractivity contribution in [2.45, 2.75) is 25.2 Å². The Morgan fingerprint density at radius 2 is 1.97 bits per heavy atom. The van der Waals surface area contributed by atoms with Crippen molar-refractivity contribution in [3.8, 4) is 22.9 Å². The summed E-state index contributed by atoms with van der Waals surface area (Å²) in [5.74, 6) is 0.228. The first-order valence-corrected chi connectivity index (χ1v) is 10.4. The highest BCUT2D eigenvalue weighted by molar-refractivity contribution is 7.98. The van der Waals surface area contributed by atoms with E-state index in [2.05, 4.69) is 10.1 Å². The lowest BCUT2D eigenvalue weighted by atomic mass is 10.0. The molecule has 7 nitrogen and oxygen atoms in total. The molecule has 0 saturated heterocycles.